The maximum Gasteiger partial charge on any atom is 0.166 e. The van der Waals surface area contributed by atoms with Gasteiger partial charge < -0.3 is 4.57 Å². The third-order valence-corrected chi connectivity index (χ3v) is 13.1. The Morgan fingerprint density at radius 3 is 1.08 bits per heavy atom. The van der Waals surface area contributed by atoms with E-state index in [0.29, 0.717) is 67.9 Å². The molecule has 9 aromatic carbocycles. The van der Waals surface area contributed by atoms with E-state index in [9.17, 15) is 21.0 Å². The molecule has 0 saturated carbocycles. The highest BCUT2D eigenvalue weighted by Gasteiger charge is 2.23. The smallest absolute Gasteiger partial charge is 0.166 e. The van der Waals surface area contributed by atoms with E-state index in [-0.39, 0.29) is 0 Å². The van der Waals surface area contributed by atoms with Gasteiger partial charge in [-0.25, -0.2) is 24.9 Å². The lowest BCUT2D eigenvalue weighted by Crippen LogP contribution is -2.04. The zero-order valence-corrected chi connectivity index (χ0v) is 39.8. The minimum atomic E-state index is 0.373. The lowest BCUT2D eigenvalue weighted by atomic mass is 9.98. The number of nitriles is 4. The standard InChI is InChI=1S/C65H36N10/c66-37-41-27-42(38-67)30-52(29-41)49-21-24-54-55-25-22-50(53-31-43(39-68)28-44(32-53)40-69)35-61(55)75(60(54)34-49)59-26-23-51(58-36-57(45-13-5-1-6-14-45)70-62(71-58)46-15-7-2-8-16-46)33-56(59)65-73-63(47-17-9-3-10-18-47)72-64(74-65)48-19-11-4-12-20-48/h1-36H. The predicted molar refractivity (Wildman–Crippen MR) is 292 cm³/mol. The highest BCUT2D eigenvalue weighted by atomic mass is 15.1. The summed E-state index contributed by atoms with van der Waals surface area (Å²) in [5.41, 5.74) is 13.2. The van der Waals surface area contributed by atoms with Gasteiger partial charge in [0.25, 0.3) is 0 Å². The van der Waals surface area contributed by atoms with Gasteiger partial charge in [-0.2, -0.15) is 21.0 Å². The van der Waals surface area contributed by atoms with Crippen molar-refractivity contribution in [1.29, 1.82) is 21.0 Å². The summed E-state index contributed by atoms with van der Waals surface area (Å²) in [7, 11) is 0. The maximum absolute atomic E-state index is 10.0. The maximum atomic E-state index is 10.0. The second-order valence-corrected chi connectivity index (χ2v) is 17.8. The van der Waals surface area contributed by atoms with Crippen molar-refractivity contribution in [2.24, 2.45) is 0 Å². The van der Waals surface area contributed by atoms with Crippen LogP contribution >= 0.6 is 0 Å². The first-order valence-corrected chi connectivity index (χ1v) is 23.9. The Morgan fingerprint density at radius 2 is 0.653 bits per heavy atom. The molecular formula is C65H36N10. The third kappa shape index (κ3) is 8.66. The molecule has 0 amide bonds. The van der Waals surface area contributed by atoms with Gasteiger partial charge in [0.2, 0.25) is 0 Å². The summed E-state index contributed by atoms with van der Waals surface area (Å²) in [6.45, 7) is 0. The molecule has 0 spiro atoms. The Kier molecular flexibility index (Phi) is 11.5. The van der Waals surface area contributed by atoms with Crippen molar-refractivity contribution >= 4 is 21.8 Å². The lowest BCUT2D eigenvalue weighted by molar-refractivity contribution is 1.06. The molecule has 0 bridgehead atoms. The summed E-state index contributed by atoms with van der Waals surface area (Å²) >= 11 is 0. The molecule has 346 valence electrons. The SMILES string of the molecule is N#Cc1cc(C#N)cc(-c2ccc3c4ccc(-c5cc(C#N)cc(C#N)c5)cc4n(-c4ccc(-c5cc(-c6ccccc6)nc(-c6ccccc6)n5)cc4-c4nc(-c5ccccc5)nc(-c5ccccc5)n4)c3c2)c1. The van der Waals surface area contributed by atoms with Gasteiger partial charge >= 0.3 is 0 Å². The fraction of sp³-hybridized carbons (Fsp3) is 0. The summed E-state index contributed by atoms with van der Waals surface area (Å²) in [5, 5.41) is 42.0. The fourth-order valence-electron chi connectivity index (χ4n) is 9.55. The van der Waals surface area contributed by atoms with E-state index >= 15 is 0 Å². The fourth-order valence-corrected chi connectivity index (χ4v) is 9.55. The normalized spacial score (nSPS) is 10.9. The van der Waals surface area contributed by atoms with E-state index in [1.54, 1.807) is 36.4 Å². The second-order valence-electron chi connectivity index (χ2n) is 17.8. The van der Waals surface area contributed by atoms with Crippen LogP contribution in [0.4, 0.5) is 0 Å². The summed E-state index contributed by atoms with van der Waals surface area (Å²) < 4.78 is 2.19. The average molecular weight is 957 g/mol. The number of fused-ring (bicyclic) bond motifs is 3. The van der Waals surface area contributed by atoms with E-state index < -0.39 is 0 Å². The van der Waals surface area contributed by atoms with Gasteiger partial charge in [-0.15, -0.1) is 0 Å². The molecule has 12 aromatic rings. The average Bonchev–Trinajstić information content (AvgIpc) is 3.82. The van der Waals surface area contributed by atoms with Crippen LogP contribution in [0, 0.1) is 45.3 Å². The number of aromatic nitrogens is 6. The third-order valence-electron chi connectivity index (χ3n) is 13.1. The largest absolute Gasteiger partial charge is 0.308 e. The van der Waals surface area contributed by atoms with Crippen LogP contribution in [-0.2, 0) is 0 Å². The van der Waals surface area contributed by atoms with Crippen molar-refractivity contribution in [1.82, 2.24) is 29.5 Å². The Balaban J connectivity index is 1.19. The highest BCUT2D eigenvalue weighted by Crippen LogP contribution is 2.42. The molecular weight excluding hydrogens is 921 g/mol. The number of nitrogens with zero attached hydrogens (tertiary/aromatic N) is 10. The van der Waals surface area contributed by atoms with Gasteiger partial charge in [0.05, 0.1) is 74.6 Å². The molecule has 0 radical (unpaired) electrons. The molecule has 0 saturated heterocycles. The van der Waals surface area contributed by atoms with E-state index in [4.69, 9.17) is 24.9 Å². The van der Waals surface area contributed by atoms with Gasteiger partial charge in [0.1, 0.15) is 0 Å². The number of rotatable bonds is 9. The van der Waals surface area contributed by atoms with Crippen molar-refractivity contribution in [3.63, 3.8) is 0 Å². The van der Waals surface area contributed by atoms with Crippen molar-refractivity contribution in [3.05, 3.63) is 241 Å². The molecule has 0 aliphatic heterocycles. The van der Waals surface area contributed by atoms with Crippen LogP contribution in [0.15, 0.2) is 218 Å². The van der Waals surface area contributed by atoms with Gasteiger partial charge in [-0.05, 0) is 89.0 Å². The van der Waals surface area contributed by atoms with Crippen LogP contribution in [0.2, 0.25) is 0 Å². The van der Waals surface area contributed by atoms with E-state index in [2.05, 4.69) is 71.3 Å². The van der Waals surface area contributed by atoms with E-state index in [0.717, 1.165) is 72.1 Å². The number of benzene rings is 9. The molecule has 12 rings (SSSR count). The van der Waals surface area contributed by atoms with Crippen LogP contribution in [-0.4, -0.2) is 29.5 Å². The Morgan fingerprint density at radius 1 is 0.280 bits per heavy atom. The molecule has 3 aromatic heterocycles. The van der Waals surface area contributed by atoms with Gasteiger partial charge in [0, 0.05) is 44.2 Å². The molecule has 0 fully saturated rings. The summed E-state index contributed by atoms with van der Waals surface area (Å²) in [5.74, 6) is 1.94. The number of hydrogen-bond donors (Lipinski definition) is 0. The number of hydrogen-bond acceptors (Lipinski definition) is 9. The summed E-state index contributed by atoms with van der Waals surface area (Å²) in [6, 6.07) is 79.4. The molecule has 3 heterocycles. The van der Waals surface area contributed by atoms with Crippen molar-refractivity contribution < 1.29 is 0 Å². The zero-order valence-electron chi connectivity index (χ0n) is 39.8. The summed E-state index contributed by atoms with van der Waals surface area (Å²) in [6.07, 6.45) is 0. The monoisotopic (exact) mass is 956 g/mol. The zero-order chi connectivity index (χ0) is 50.8. The van der Waals surface area contributed by atoms with Crippen LogP contribution in [0.25, 0.3) is 118 Å². The first kappa shape index (κ1) is 45.0. The first-order valence-electron chi connectivity index (χ1n) is 23.9. The van der Waals surface area contributed by atoms with Crippen molar-refractivity contribution in [2.45, 2.75) is 0 Å². The van der Waals surface area contributed by atoms with Crippen LogP contribution in [0.1, 0.15) is 22.3 Å². The Labute approximate surface area is 431 Å². The quantitative estimate of drug-likeness (QED) is 0.137. The van der Waals surface area contributed by atoms with Crippen molar-refractivity contribution in [3.8, 4) is 120 Å². The van der Waals surface area contributed by atoms with Gasteiger partial charge in [0.15, 0.2) is 23.3 Å². The molecule has 0 aliphatic rings. The molecule has 75 heavy (non-hydrogen) atoms. The molecule has 10 heteroatoms. The second kappa shape index (κ2) is 19.2. The first-order chi connectivity index (χ1) is 36.9. The lowest BCUT2D eigenvalue weighted by Gasteiger charge is -2.17. The van der Waals surface area contributed by atoms with Crippen molar-refractivity contribution in [2.75, 3.05) is 0 Å². The predicted octanol–water partition coefficient (Wildman–Crippen LogP) is 14.6. The van der Waals surface area contributed by atoms with Gasteiger partial charge in [-0.1, -0.05) is 152 Å². The summed E-state index contributed by atoms with van der Waals surface area (Å²) in [4.78, 5) is 26.0. The molecule has 0 atom stereocenters. The molecule has 0 unspecified atom stereocenters. The van der Waals surface area contributed by atoms with Gasteiger partial charge in [-0.3, -0.25) is 0 Å². The van der Waals surface area contributed by atoms with E-state index in [1.165, 1.54) is 0 Å². The topological polar surface area (TPSA) is 165 Å². The van der Waals surface area contributed by atoms with Crippen LogP contribution in [0.5, 0.6) is 0 Å². The Bertz CT molecular complexity index is 4080. The minimum absolute atomic E-state index is 0.373. The Hall–Kier alpha value is -11.2. The van der Waals surface area contributed by atoms with Crippen LogP contribution < -0.4 is 0 Å². The highest BCUT2D eigenvalue weighted by molar-refractivity contribution is 6.12. The van der Waals surface area contributed by atoms with E-state index in [1.807, 2.05) is 140 Å². The molecule has 0 aliphatic carbocycles. The minimum Gasteiger partial charge on any atom is -0.308 e. The van der Waals surface area contributed by atoms with Crippen LogP contribution in [0.3, 0.4) is 0 Å². The molecule has 10 nitrogen and oxygen atoms in total. The molecule has 0 N–H and O–H groups in total.